The van der Waals surface area contributed by atoms with Gasteiger partial charge in [-0.25, -0.2) is 0 Å². The molecule has 2 rings (SSSR count). The Labute approximate surface area is 104 Å². The van der Waals surface area contributed by atoms with Gasteiger partial charge < -0.3 is 10.4 Å². The highest BCUT2D eigenvalue weighted by Crippen LogP contribution is 2.29. The van der Waals surface area contributed by atoms with Crippen LogP contribution in [0.25, 0.3) is 0 Å². The SMILES string of the molecule is CCC(CO)(Cc1ccccc1)NCC1CC1. The van der Waals surface area contributed by atoms with Gasteiger partial charge in [0, 0.05) is 5.54 Å². The first-order chi connectivity index (χ1) is 8.28. The van der Waals surface area contributed by atoms with E-state index in [0.29, 0.717) is 0 Å². The molecule has 2 N–H and O–H groups in total. The van der Waals surface area contributed by atoms with E-state index in [4.69, 9.17) is 0 Å². The molecule has 0 heterocycles. The predicted molar refractivity (Wildman–Crippen MR) is 71.0 cm³/mol. The van der Waals surface area contributed by atoms with Gasteiger partial charge in [0.25, 0.3) is 0 Å². The second-order valence-electron chi connectivity index (χ2n) is 5.28. The Kier molecular flexibility index (Phi) is 4.19. The molecule has 0 saturated heterocycles. The lowest BCUT2D eigenvalue weighted by atomic mass is 9.88. The van der Waals surface area contributed by atoms with Gasteiger partial charge in [0.15, 0.2) is 0 Å². The minimum Gasteiger partial charge on any atom is -0.394 e. The number of aliphatic hydroxyl groups is 1. The summed E-state index contributed by atoms with van der Waals surface area (Å²) in [5, 5.41) is 13.3. The van der Waals surface area contributed by atoms with Crippen LogP contribution in [0.5, 0.6) is 0 Å². The Hall–Kier alpha value is -0.860. The molecule has 1 fully saturated rings. The molecule has 2 nitrogen and oxygen atoms in total. The number of nitrogens with one attached hydrogen (secondary N) is 1. The van der Waals surface area contributed by atoms with Crippen LogP contribution in [0.2, 0.25) is 0 Å². The standard InChI is InChI=1S/C15H23NO/c1-2-15(12-17,16-11-14-8-9-14)10-13-6-4-3-5-7-13/h3-7,14,16-17H,2,8-12H2,1H3. The summed E-state index contributed by atoms with van der Waals surface area (Å²) in [7, 11) is 0. The maximum Gasteiger partial charge on any atom is 0.0616 e. The van der Waals surface area contributed by atoms with Gasteiger partial charge in [0.2, 0.25) is 0 Å². The van der Waals surface area contributed by atoms with Crippen molar-refractivity contribution >= 4 is 0 Å². The van der Waals surface area contributed by atoms with Crippen LogP contribution in [0.1, 0.15) is 31.7 Å². The van der Waals surface area contributed by atoms with Crippen LogP contribution in [-0.2, 0) is 6.42 Å². The molecule has 2 heteroatoms. The summed E-state index contributed by atoms with van der Waals surface area (Å²) in [4.78, 5) is 0. The minimum atomic E-state index is -0.135. The van der Waals surface area contributed by atoms with Crippen molar-refractivity contribution in [3.63, 3.8) is 0 Å². The summed E-state index contributed by atoms with van der Waals surface area (Å²) in [6.45, 7) is 3.42. The van der Waals surface area contributed by atoms with E-state index < -0.39 is 0 Å². The van der Waals surface area contributed by atoms with E-state index in [1.54, 1.807) is 0 Å². The van der Waals surface area contributed by atoms with Crippen LogP contribution >= 0.6 is 0 Å². The fourth-order valence-electron chi connectivity index (χ4n) is 2.21. The summed E-state index contributed by atoms with van der Waals surface area (Å²) in [5.41, 5.74) is 1.16. The molecule has 1 aromatic carbocycles. The molecule has 1 unspecified atom stereocenters. The van der Waals surface area contributed by atoms with Crippen LogP contribution in [0.3, 0.4) is 0 Å². The molecule has 17 heavy (non-hydrogen) atoms. The van der Waals surface area contributed by atoms with Gasteiger partial charge in [-0.05, 0) is 43.7 Å². The number of benzene rings is 1. The third kappa shape index (κ3) is 3.55. The molecule has 0 aromatic heterocycles. The maximum atomic E-state index is 9.71. The molecular weight excluding hydrogens is 210 g/mol. The summed E-state index contributed by atoms with van der Waals surface area (Å²) in [5.74, 6) is 0.850. The van der Waals surface area contributed by atoms with E-state index in [1.165, 1.54) is 18.4 Å². The second kappa shape index (κ2) is 5.65. The maximum absolute atomic E-state index is 9.71. The molecule has 1 aromatic rings. The van der Waals surface area contributed by atoms with Crippen molar-refractivity contribution in [2.24, 2.45) is 5.92 Å². The third-order valence-electron chi connectivity index (χ3n) is 3.83. The van der Waals surface area contributed by atoms with Crippen LogP contribution in [0.15, 0.2) is 30.3 Å². The van der Waals surface area contributed by atoms with Crippen LogP contribution in [-0.4, -0.2) is 23.8 Å². The highest BCUT2D eigenvalue weighted by molar-refractivity contribution is 5.18. The number of rotatable bonds is 7. The van der Waals surface area contributed by atoms with Crippen molar-refractivity contribution in [2.75, 3.05) is 13.2 Å². The minimum absolute atomic E-state index is 0.135. The van der Waals surface area contributed by atoms with Crippen LogP contribution in [0.4, 0.5) is 0 Å². The van der Waals surface area contributed by atoms with E-state index in [1.807, 2.05) is 6.07 Å². The Balaban J connectivity index is 1.98. The third-order valence-corrected chi connectivity index (χ3v) is 3.83. The molecular formula is C15H23NO. The second-order valence-corrected chi connectivity index (χ2v) is 5.28. The van der Waals surface area contributed by atoms with E-state index in [-0.39, 0.29) is 12.1 Å². The van der Waals surface area contributed by atoms with Gasteiger partial charge in [0.1, 0.15) is 0 Å². The predicted octanol–water partition coefficient (Wildman–Crippen LogP) is 2.37. The zero-order chi connectivity index (χ0) is 12.1. The number of aliphatic hydroxyl groups excluding tert-OH is 1. The lowest BCUT2D eigenvalue weighted by Crippen LogP contribution is -2.50. The average molecular weight is 233 g/mol. The molecule has 0 bridgehead atoms. The monoisotopic (exact) mass is 233 g/mol. The van der Waals surface area contributed by atoms with Crippen LogP contribution < -0.4 is 5.32 Å². The largest absolute Gasteiger partial charge is 0.394 e. The normalized spacial score (nSPS) is 18.9. The summed E-state index contributed by atoms with van der Waals surface area (Å²) < 4.78 is 0. The lowest BCUT2D eigenvalue weighted by Gasteiger charge is -2.32. The van der Waals surface area contributed by atoms with Crippen molar-refractivity contribution in [2.45, 2.75) is 38.1 Å². The highest BCUT2D eigenvalue weighted by atomic mass is 16.3. The Morgan fingerprint density at radius 2 is 2.00 bits per heavy atom. The molecule has 94 valence electrons. The zero-order valence-electron chi connectivity index (χ0n) is 10.7. The van der Waals surface area contributed by atoms with E-state index in [9.17, 15) is 5.11 Å². The van der Waals surface area contributed by atoms with Gasteiger partial charge in [-0.2, -0.15) is 0 Å². The van der Waals surface area contributed by atoms with E-state index in [0.717, 1.165) is 25.3 Å². The van der Waals surface area contributed by atoms with Gasteiger partial charge in [0.05, 0.1) is 6.61 Å². The molecule has 1 aliphatic carbocycles. The lowest BCUT2D eigenvalue weighted by molar-refractivity contribution is 0.153. The van der Waals surface area contributed by atoms with Crippen molar-refractivity contribution in [3.8, 4) is 0 Å². The van der Waals surface area contributed by atoms with Gasteiger partial charge in [-0.1, -0.05) is 37.3 Å². The summed E-state index contributed by atoms with van der Waals surface area (Å²) >= 11 is 0. The van der Waals surface area contributed by atoms with Crippen molar-refractivity contribution < 1.29 is 5.11 Å². The molecule has 1 aliphatic rings. The fourth-order valence-corrected chi connectivity index (χ4v) is 2.21. The van der Waals surface area contributed by atoms with Crippen molar-refractivity contribution in [1.29, 1.82) is 0 Å². The Bertz CT molecular complexity index is 328. The van der Waals surface area contributed by atoms with Crippen LogP contribution in [0, 0.1) is 5.92 Å². The Morgan fingerprint density at radius 1 is 1.29 bits per heavy atom. The quantitative estimate of drug-likeness (QED) is 0.758. The topological polar surface area (TPSA) is 32.3 Å². The number of hydrogen-bond acceptors (Lipinski definition) is 2. The molecule has 1 saturated carbocycles. The first kappa shape index (κ1) is 12.6. The average Bonchev–Trinajstić information content (AvgIpc) is 3.20. The van der Waals surface area contributed by atoms with Crippen molar-refractivity contribution in [1.82, 2.24) is 5.32 Å². The van der Waals surface area contributed by atoms with E-state index >= 15 is 0 Å². The molecule has 0 amide bonds. The summed E-state index contributed by atoms with van der Waals surface area (Å²) in [6.07, 6.45) is 4.58. The molecule has 0 aliphatic heterocycles. The number of hydrogen-bond donors (Lipinski definition) is 2. The smallest absolute Gasteiger partial charge is 0.0616 e. The van der Waals surface area contributed by atoms with Gasteiger partial charge in [-0.15, -0.1) is 0 Å². The van der Waals surface area contributed by atoms with Crippen molar-refractivity contribution in [3.05, 3.63) is 35.9 Å². The van der Waals surface area contributed by atoms with E-state index in [2.05, 4.69) is 36.5 Å². The first-order valence-corrected chi connectivity index (χ1v) is 6.68. The first-order valence-electron chi connectivity index (χ1n) is 6.68. The molecule has 0 spiro atoms. The zero-order valence-corrected chi connectivity index (χ0v) is 10.7. The van der Waals surface area contributed by atoms with Gasteiger partial charge in [-0.3, -0.25) is 0 Å². The Morgan fingerprint density at radius 3 is 2.53 bits per heavy atom. The fraction of sp³-hybridized carbons (Fsp3) is 0.600. The highest BCUT2D eigenvalue weighted by Gasteiger charge is 2.30. The van der Waals surface area contributed by atoms with Gasteiger partial charge >= 0.3 is 0 Å². The molecule has 1 atom stereocenters. The molecule has 0 radical (unpaired) electrons. The summed E-state index contributed by atoms with van der Waals surface area (Å²) in [6, 6.07) is 10.4.